The number of para-hydroxylation sites is 1. The molecule has 0 saturated heterocycles. The van der Waals surface area contributed by atoms with Crippen LogP contribution in [-0.4, -0.2) is 31.2 Å². The van der Waals surface area contributed by atoms with Crippen LogP contribution in [0, 0.1) is 12.8 Å². The van der Waals surface area contributed by atoms with Gasteiger partial charge in [-0.3, -0.25) is 4.79 Å². The predicted octanol–water partition coefficient (Wildman–Crippen LogP) is 2.38. The molecular weight excluding hydrogens is 292 g/mol. The Morgan fingerprint density at radius 1 is 1.35 bits per heavy atom. The molecule has 1 aliphatic rings. The van der Waals surface area contributed by atoms with Crippen LogP contribution >= 0.6 is 0 Å². The van der Waals surface area contributed by atoms with Crippen molar-refractivity contribution in [1.29, 1.82) is 0 Å². The fraction of sp³-hybridized carbons (Fsp3) is 0.333. The zero-order chi connectivity index (χ0) is 16.2. The summed E-state index contributed by atoms with van der Waals surface area (Å²) in [6.45, 7) is 3.00. The Morgan fingerprint density at radius 3 is 2.96 bits per heavy atom. The van der Waals surface area contributed by atoms with Crippen LogP contribution in [0.3, 0.4) is 0 Å². The summed E-state index contributed by atoms with van der Waals surface area (Å²) in [5.74, 6) is 1.67. The molecular formula is C18H20N2O3. The van der Waals surface area contributed by atoms with Crippen LogP contribution in [0.25, 0.3) is 0 Å². The van der Waals surface area contributed by atoms with Crippen LogP contribution in [0.1, 0.15) is 21.7 Å². The molecule has 0 radical (unpaired) electrons. The van der Waals surface area contributed by atoms with Crippen LogP contribution in [0.15, 0.2) is 36.4 Å². The van der Waals surface area contributed by atoms with Crippen molar-refractivity contribution in [2.24, 2.45) is 5.92 Å². The third-order valence-electron chi connectivity index (χ3n) is 3.92. The second kappa shape index (κ2) is 6.69. The van der Waals surface area contributed by atoms with E-state index >= 15 is 0 Å². The number of carbonyl (C=O) groups excluding carboxylic acids is 1. The topological polar surface area (TPSA) is 60.5 Å². The Balaban J connectivity index is 1.61. The number of aryl methyl sites for hydroxylation is 1. The Hall–Kier alpha value is -2.56. The van der Waals surface area contributed by atoms with E-state index in [1.807, 2.05) is 37.3 Å². The van der Waals surface area contributed by atoms with E-state index in [9.17, 15) is 4.79 Å². The van der Waals surface area contributed by atoms with E-state index in [1.54, 1.807) is 13.2 Å². The highest BCUT2D eigenvalue weighted by atomic mass is 16.5. The second-order valence-electron chi connectivity index (χ2n) is 5.70. The molecule has 1 aromatic heterocycles. The largest absolute Gasteiger partial charge is 0.493 e. The molecule has 0 fully saturated rings. The van der Waals surface area contributed by atoms with Gasteiger partial charge < -0.3 is 14.8 Å². The average molecular weight is 312 g/mol. The van der Waals surface area contributed by atoms with Gasteiger partial charge in [-0.15, -0.1) is 0 Å². The summed E-state index contributed by atoms with van der Waals surface area (Å²) in [6, 6.07) is 11.3. The van der Waals surface area contributed by atoms with Crippen molar-refractivity contribution < 1.29 is 14.3 Å². The summed E-state index contributed by atoms with van der Waals surface area (Å²) in [6.07, 6.45) is 0.855. The highest BCUT2D eigenvalue weighted by Gasteiger charge is 2.23. The molecule has 1 aliphatic heterocycles. The first-order valence-corrected chi connectivity index (χ1v) is 7.68. The minimum atomic E-state index is -0.148. The third-order valence-corrected chi connectivity index (χ3v) is 3.92. The number of rotatable bonds is 4. The molecule has 2 heterocycles. The van der Waals surface area contributed by atoms with E-state index in [4.69, 9.17) is 9.47 Å². The molecule has 1 N–H and O–H groups in total. The highest BCUT2D eigenvalue weighted by molar-refractivity contribution is 5.92. The lowest BCUT2D eigenvalue weighted by molar-refractivity contribution is 0.0933. The lowest BCUT2D eigenvalue weighted by Crippen LogP contribution is -2.35. The lowest BCUT2D eigenvalue weighted by Gasteiger charge is -2.26. The van der Waals surface area contributed by atoms with Gasteiger partial charge in [-0.25, -0.2) is 4.98 Å². The molecule has 0 aliphatic carbocycles. The molecule has 0 saturated carbocycles. The van der Waals surface area contributed by atoms with Crippen molar-refractivity contribution in [2.75, 3.05) is 20.3 Å². The number of fused-ring (bicyclic) bond motifs is 1. The van der Waals surface area contributed by atoms with Gasteiger partial charge in [-0.05, 0) is 37.1 Å². The van der Waals surface area contributed by atoms with Crippen LogP contribution < -0.4 is 14.8 Å². The molecule has 2 aromatic rings. The molecule has 0 spiro atoms. The van der Waals surface area contributed by atoms with E-state index in [0.717, 1.165) is 29.2 Å². The molecule has 23 heavy (non-hydrogen) atoms. The van der Waals surface area contributed by atoms with Gasteiger partial charge >= 0.3 is 0 Å². The zero-order valence-electron chi connectivity index (χ0n) is 13.3. The maximum Gasteiger partial charge on any atom is 0.269 e. The Labute approximate surface area is 135 Å². The van der Waals surface area contributed by atoms with E-state index in [-0.39, 0.29) is 11.8 Å². The Morgan fingerprint density at radius 2 is 2.17 bits per heavy atom. The number of pyridine rings is 1. The molecule has 0 unspecified atom stereocenters. The van der Waals surface area contributed by atoms with Crippen LogP contribution in [0.4, 0.5) is 0 Å². The van der Waals surface area contributed by atoms with Crippen LogP contribution in [0.2, 0.25) is 0 Å². The number of hydrogen-bond acceptors (Lipinski definition) is 4. The Bertz CT molecular complexity index is 715. The van der Waals surface area contributed by atoms with Crippen molar-refractivity contribution in [1.82, 2.24) is 10.3 Å². The zero-order valence-corrected chi connectivity index (χ0v) is 13.3. The third kappa shape index (κ3) is 3.44. The predicted molar refractivity (Wildman–Crippen MR) is 87.0 cm³/mol. The quantitative estimate of drug-likeness (QED) is 0.941. The van der Waals surface area contributed by atoms with Gasteiger partial charge in [0.2, 0.25) is 0 Å². The molecule has 1 amide bonds. The fourth-order valence-corrected chi connectivity index (χ4v) is 2.75. The molecule has 1 aromatic carbocycles. The highest BCUT2D eigenvalue weighted by Crippen LogP contribution is 2.35. The number of ether oxygens (including phenoxy) is 2. The van der Waals surface area contributed by atoms with Crippen LogP contribution in [-0.2, 0) is 6.42 Å². The number of aromatic nitrogens is 1. The minimum absolute atomic E-state index is 0.148. The number of nitrogens with one attached hydrogen (secondary N) is 1. The van der Waals surface area contributed by atoms with E-state index in [1.165, 1.54) is 0 Å². The number of nitrogens with zero attached hydrogens (tertiary/aromatic N) is 1. The Kier molecular flexibility index (Phi) is 4.46. The summed E-state index contributed by atoms with van der Waals surface area (Å²) >= 11 is 0. The first kappa shape index (κ1) is 15.3. The lowest BCUT2D eigenvalue weighted by atomic mass is 9.96. The van der Waals surface area contributed by atoms with E-state index in [2.05, 4.69) is 10.3 Å². The molecule has 5 nitrogen and oxygen atoms in total. The SMILES string of the molecule is COc1cccc2c1OC[C@H](CNC(=O)c1cccc(C)n1)C2. The average Bonchev–Trinajstić information content (AvgIpc) is 2.58. The molecule has 3 rings (SSSR count). The van der Waals surface area contributed by atoms with E-state index < -0.39 is 0 Å². The summed E-state index contributed by atoms with van der Waals surface area (Å²) in [5, 5.41) is 2.94. The number of methoxy groups -OCH3 is 1. The molecule has 120 valence electrons. The number of carbonyl (C=O) groups is 1. The van der Waals surface area contributed by atoms with Gasteiger partial charge in [0, 0.05) is 18.2 Å². The summed E-state index contributed by atoms with van der Waals surface area (Å²) < 4.78 is 11.1. The minimum Gasteiger partial charge on any atom is -0.493 e. The summed E-state index contributed by atoms with van der Waals surface area (Å²) in [7, 11) is 1.64. The summed E-state index contributed by atoms with van der Waals surface area (Å²) in [5.41, 5.74) is 2.40. The van der Waals surface area contributed by atoms with Gasteiger partial charge in [0.05, 0.1) is 13.7 Å². The number of hydrogen-bond donors (Lipinski definition) is 1. The van der Waals surface area contributed by atoms with Gasteiger partial charge in [-0.2, -0.15) is 0 Å². The van der Waals surface area contributed by atoms with Crippen molar-refractivity contribution in [2.45, 2.75) is 13.3 Å². The smallest absolute Gasteiger partial charge is 0.269 e. The summed E-state index contributed by atoms with van der Waals surface area (Å²) in [4.78, 5) is 16.4. The first-order valence-electron chi connectivity index (χ1n) is 7.68. The monoisotopic (exact) mass is 312 g/mol. The van der Waals surface area contributed by atoms with Crippen molar-refractivity contribution in [3.8, 4) is 11.5 Å². The maximum absolute atomic E-state index is 12.2. The molecule has 0 bridgehead atoms. The van der Waals surface area contributed by atoms with Crippen molar-refractivity contribution in [3.63, 3.8) is 0 Å². The number of amides is 1. The maximum atomic E-state index is 12.2. The number of benzene rings is 1. The van der Waals surface area contributed by atoms with E-state index in [0.29, 0.717) is 18.8 Å². The normalized spacial score (nSPS) is 16.2. The van der Waals surface area contributed by atoms with Gasteiger partial charge in [0.1, 0.15) is 5.69 Å². The first-order chi connectivity index (χ1) is 11.2. The standard InChI is InChI=1S/C18H20N2O3/c1-12-5-3-7-15(20-12)18(21)19-10-13-9-14-6-4-8-16(22-2)17(14)23-11-13/h3-8,13H,9-11H2,1-2H3,(H,19,21)/t13-/m0/s1. The van der Waals surface area contributed by atoms with Gasteiger partial charge in [-0.1, -0.05) is 18.2 Å². The fourth-order valence-electron chi connectivity index (χ4n) is 2.75. The van der Waals surface area contributed by atoms with Gasteiger partial charge in [0.25, 0.3) is 5.91 Å². The van der Waals surface area contributed by atoms with Crippen molar-refractivity contribution >= 4 is 5.91 Å². The molecule has 1 atom stereocenters. The van der Waals surface area contributed by atoms with Gasteiger partial charge in [0.15, 0.2) is 11.5 Å². The second-order valence-corrected chi connectivity index (χ2v) is 5.70. The van der Waals surface area contributed by atoms with Crippen LogP contribution in [0.5, 0.6) is 11.5 Å². The molecule has 5 heteroatoms. The van der Waals surface area contributed by atoms with Crippen molar-refractivity contribution in [3.05, 3.63) is 53.3 Å².